The molecule has 0 unspecified atom stereocenters. The van der Waals surface area contributed by atoms with Crippen LogP contribution in [0.15, 0.2) is 47.3 Å². The number of benzene rings is 2. The summed E-state index contributed by atoms with van der Waals surface area (Å²) in [7, 11) is 3.49. The Morgan fingerprint density at radius 3 is 2.39 bits per heavy atom. The van der Waals surface area contributed by atoms with E-state index in [-0.39, 0.29) is 12.3 Å². The van der Waals surface area contributed by atoms with Crippen LogP contribution in [0.3, 0.4) is 0 Å². The lowest BCUT2D eigenvalue weighted by Crippen LogP contribution is -2.27. The van der Waals surface area contributed by atoms with Gasteiger partial charge in [0.05, 0.1) is 11.0 Å². The number of hydrogen-bond acceptors (Lipinski definition) is 4. The number of aromatic nitrogens is 2. The zero-order valence-corrected chi connectivity index (χ0v) is 18.5. The molecule has 1 fully saturated rings. The highest BCUT2D eigenvalue weighted by Gasteiger charge is 2.14. The van der Waals surface area contributed by atoms with E-state index in [1.807, 2.05) is 30.3 Å². The lowest BCUT2D eigenvalue weighted by atomic mass is 10.1. The van der Waals surface area contributed by atoms with Crippen molar-refractivity contribution in [1.82, 2.24) is 14.5 Å². The molecule has 3 aromatic rings. The molecule has 31 heavy (non-hydrogen) atoms. The quantitative estimate of drug-likeness (QED) is 0.567. The van der Waals surface area contributed by atoms with Crippen LogP contribution in [-0.2, 0) is 20.6 Å². The highest BCUT2D eigenvalue weighted by Crippen LogP contribution is 2.22. The number of aryl methyl sites for hydroxylation is 2. The highest BCUT2D eigenvalue weighted by molar-refractivity contribution is 5.76. The normalized spacial score (nSPS) is 16.4. The van der Waals surface area contributed by atoms with E-state index < -0.39 is 6.10 Å². The number of ether oxygens (including phenoxy) is 1. The molecule has 6 heteroatoms. The summed E-state index contributed by atoms with van der Waals surface area (Å²) >= 11 is 0. The topological polar surface area (TPSA) is 68.4 Å². The zero-order chi connectivity index (χ0) is 21.8. The molecule has 0 aliphatic heterocycles. The molecule has 0 bridgehead atoms. The molecule has 0 saturated heterocycles. The number of nitrogens with zero attached hydrogens (tertiary/aromatic N) is 2. The number of rotatable bonds is 7. The third kappa shape index (κ3) is 5.02. The molecule has 1 atom stereocenters. The van der Waals surface area contributed by atoms with Gasteiger partial charge in [0.25, 0.3) is 0 Å². The van der Waals surface area contributed by atoms with Crippen molar-refractivity contribution in [3.05, 3.63) is 64.1 Å². The maximum absolute atomic E-state index is 12.1. The molecule has 1 aliphatic rings. The van der Waals surface area contributed by atoms with Crippen molar-refractivity contribution in [3.8, 4) is 5.75 Å². The van der Waals surface area contributed by atoms with Crippen LogP contribution in [0.5, 0.6) is 5.75 Å². The number of nitrogens with one attached hydrogen (secondary N) is 1. The molecule has 1 saturated carbocycles. The Kier molecular flexibility index (Phi) is 6.78. The Bertz CT molecular complexity index is 1060. The van der Waals surface area contributed by atoms with E-state index in [2.05, 4.69) is 17.4 Å². The summed E-state index contributed by atoms with van der Waals surface area (Å²) in [5, 5.41) is 14.3. The van der Waals surface area contributed by atoms with Gasteiger partial charge < -0.3 is 15.2 Å². The van der Waals surface area contributed by atoms with Gasteiger partial charge in [0.2, 0.25) is 0 Å². The number of aliphatic hydroxyl groups excluding tert-OH is 1. The summed E-state index contributed by atoms with van der Waals surface area (Å²) in [5.74, 6) is 0.741. The molecular formula is C25H33N3O3. The second-order valence-corrected chi connectivity index (χ2v) is 8.69. The minimum Gasteiger partial charge on any atom is -0.491 e. The van der Waals surface area contributed by atoms with Crippen LogP contribution < -0.4 is 15.7 Å². The van der Waals surface area contributed by atoms with Gasteiger partial charge in [-0.1, -0.05) is 43.9 Å². The van der Waals surface area contributed by atoms with Crippen LogP contribution in [0.4, 0.5) is 0 Å². The molecule has 1 aromatic heterocycles. The maximum atomic E-state index is 12.1. The van der Waals surface area contributed by atoms with Crippen LogP contribution in [0.25, 0.3) is 11.0 Å². The molecule has 6 nitrogen and oxygen atoms in total. The van der Waals surface area contributed by atoms with Gasteiger partial charge in [0, 0.05) is 26.7 Å². The summed E-state index contributed by atoms with van der Waals surface area (Å²) in [6.45, 7) is 1.04. The van der Waals surface area contributed by atoms with Crippen molar-refractivity contribution in [2.24, 2.45) is 14.1 Å². The zero-order valence-electron chi connectivity index (χ0n) is 18.5. The van der Waals surface area contributed by atoms with E-state index in [1.165, 1.54) is 44.1 Å². The maximum Gasteiger partial charge on any atom is 0.328 e. The number of aliphatic hydroxyl groups is 1. The first kappa shape index (κ1) is 21.7. The monoisotopic (exact) mass is 423 g/mol. The van der Waals surface area contributed by atoms with Crippen molar-refractivity contribution < 1.29 is 9.84 Å². The average Bonchev–Trinajstić information content (AvgIpc) is 2.99. The summed E-state index contributed by atoms with van der Waals surface area (Å²) in [6, 6.07) is 14.3. The second kappa shape index (κ2) is 9.71. The van der Waals surface area contributed by atoms with E-state index in [1.54, 1.807) is 23.2 Å². The standard InChI is InChI=1S/C25H33N3O3/c1-27-22-14-11-19(15-23(22)28(2)25(27)30)24(29)17-31-21-12-9-18(10-13-21)16-26-20-7-5-3-4-6-8-20/h9-15,20,24,26,29H,3-8,16-17H2,1-2H3/t24-/m1/s1. The van der Waals surface area contributed by atoms with Gasteiger partial charge in [-0.25, -0.2) is 4.79 Å². The minimum atomic E-state index is -0.767. The predicted octanol–water partition coefficient (Wildman–Crippen LogP) is 3.80. The van der Waals surface area contributed by atoms with Gasteiger partial charge in [-0.15, -0.1) is 0 Å². The molecule has 0 spiro atoms. The molecule has 0 radical (unpaired) electrons. The summed E-state index contributed by atoms with van der Waals surface area (Å²) in [5.41, 5.74) is 3.55. The van der Waals surface area contributed by atoms with E-state index in [0.29, 0.717) is 6.04 Å². The molecule has 1 aliphatic carbocycles. The van der Waals surface area contributed by atoms with Crippen LogP contribution in [0, 0.1) is 0 Å². The van der Waals surface area contributed by atoms with Crippen molar-refractivity contribution in [1.29, 1.82) is 0 Å². The number of imidazole rings is 1. The lowest BCUT2D eigenvalue weighted by Gasteiger charge is -2.16. The van der Waals surface area contributed by atoms with Gasteiger partial charge in [-0.05, 0) is 48.2 Å². The highest BCUT2D eigenvalue weighted by atomic mass is 16.5. The first-order valence-corrected chi connectivity index (χ1v) is 11.3. The lowest BCUT2D eigenvalue weighted by molar-refractivity contribution is 0.108. The Labute approximate surface area is 183 Å². The molecule has 1 heterocycles. The Morgan fingerprint density at radius 2 is 1.68 bits per heavy atom. The minimum absolute atomic E-state index is 0.0773. The first-order valence-electron chi connectivity index (χ1n) is 11.3. The van der Waals surface area contributed by atoms with Gasteiger partial charge >= 0.3 is 5.69 Å². The molecule has 2 aromatic carbocycles. The van der Waals surface area contributed by atoms with E-state index >= 15 is 0 Å². The van der Waals surface area contributed by atoms with Crippen molar-refractivity contribution in [2.45, 2.75) is 57.2 Å². The summed E-state index contributed by atoms with van der Waals surface area (Å²) in [6.07, 6.45) is 7.20. The van der Waals surface area contributed by atoms with Gasteiger partial charge in [-0.3, -0.25) is 9.13 Å². The van der Waals surface area contributed by atoms with E-state index in [0.717, 1.165) is 28.9 Å². The van der Waals surface area contributed by atoms with Crippen LogP contribution in [0.1, 0.15) is 55.8 Å². The van der Waals surface area contributed by atoms with Crippen LogP contribution in [0.2, 0.25) is 0 Å². The van der Waals surface area contributed by atoms with Gasteiger partial charge in [-0.2, -0.15) is 0 Å². The number of hydrogen-bond donors (Lipinski definition) is 2. The Balaban J connectivity index is 1.32. The number of fused-ring (bicyclic) bond motifs is 1. The fourth-order valence-electron chi connectivity index (χ4n) is 4.45. The summed E-state index contributed by atoms with van der Waals surface area (Å²) in [4.78, 5) is 12.1. The smallest absolute Gasteiger partial charge is 0.328 e. The first-order chi connectivity index (χ1) is 15.0. The fourth-order valence-corrected chi connectivity index (χ4v) is 4.45. The van der Waals surface area contributed by atoms with Crippen LogP contribution >= 0.6 is 0 Å². The molecule has 0 amide bonds. The SMILES string of the molecule is Cn1c(=O)n(C)c2cc([C@H](O)COc3ccc(CNC4CCCCCC4)cc3)ccc21. The summed E-state index contributed by atoms with van der Waals surface area (Å²) < 4.78 is 9.01. The third-order valence-corrected chi connectivity index (χ3v) is 6.46. The molecule has 2 N–H and O–H groups in total. The molecule has 166 valence electrons. The average molecular weight is 424 g/mol. The molecular weight excluding hydrogens is 390 g/mol. The third-order valence-electron chi connectivity index (χ3n) is 6.46. The Morgan fingerprint density at radius 1 is 1.00 bits per heavy atom. The van der Waals surface area contributed by atoms with Crippen LogP contribution in [-0.4, -0.2) is 26.9 Å². The van der Waals surface area contributed by atoms with Crippen molar-refractivity contribution >= 4 is 11.0 Å². The van der Waals surface area contributed by atoms with E-state index in [9.17, 15) is 9.90 Å². The van der Waals surface area contributed by atoms with Gasteiger partial charge in [0.15, 0.2) is 0 Å². The Hall–Kier alpha value is -2.57. The largest absolute Gasteiger partial charge is 0.491 e. The van der Waals surface area contributed by atoms with Gasteiger partial charge in [0.1, 0.15) is 18.5 Å². The van der Waals surface area contributed by atoms with Crippen molar-refractivity contribution in [2.75, 3.05) is 6.61 Å². The fraction of sp³-hybridized carbons (Fsp3) is 0.480. The predicted molar refractivity (Wildman–Crippen MR) is 123 cm³/mol. The van der Waals surface area contributed by atoms with Crippen molar-refractivity contribution in [3.63, 3.8) is 0 Å². The second-order valence-electron chi connectivity index (χ2n) is 8.69. The van der Waals surface area contributed by atoms with E-state index in [4.69, 9.17) is 4.74 Å². The molecule has 4 rings (SSSR count).